The third-order valence-corrected chi connectivity index (χ3v) is 4.14. The lowest BCUT2D eigenvalue weighted by atomic mass is 10.1. The minimum atomic E-state index is -0.336. The normalized spacial score (nSPS) is 16.9. The quantitative estimate of drug-likeness (QED) is 0.774. The number of aryl methyl sites for hydroxylation is 2. The summed E-state index contributed by atoms with van der Waals surface area (Å²) in [5.74, 6) is 0.796. The molecule has 108 valence electrons. The van der Waals surface area contributed by atoms with Crippen LogP contribution in [0.5, 0.6) is 0 Å². The van der Waals surface area contributed by atoms with E-state index in [1.165, 1.54) is 11.6 Å². The highest BCUT2D eigenvalue weighted by Crippen LogP contribution is 2.24. The van der Waals surface area contributed by atoms with Gasteiger partial charge in [-0.05, 0) is 32.9 Å². The number of piperidine rings is 1. The Kier molecular flexibility index (Phi) is 3.01. The molecule has 20 heavy (non-hydrogen) atoms. The van der Waals surface area contributed by atoms with Crippen LogP contribution in [0.4, 0.5) is 0 Å². The van der Waals surface area contributed by atoms with Gasteiger partial charge in [-0.3, -0.25) is 13.9 Å². The summed E-state index contributed by atoms with van der Waals surface area (Å²) >= 11 is 0. The smallest absolute Gasteiger partial charge is 0.319 e. The van der Waals surface area contributed by atoms with Crippen molar-refractivity contribution in [1.82, 2.24) is 24.0 Å². The second-order valence-corrected chi connectivity index (χ2v) is 5.39. The average molecular weight is 277 g/mol. The van der Waals surface area contributed by atoms with Crippen LogP contribution in [0.25, 0.3) is 11.2 Å². The maximum absolute atomic E-state index is 12.5. The van der Waals surface area contributed by atoms with E-state index in [1.54, 1.807) is 7.05 Å². The molecule has 1 N–H and O–H groups in total. The Bertz CT molecular complexity index is 777. The van der Waals surface area contributed by atoms with Gasteiger partial charge in [-0.1, -0.05) is 0 Å². The number of aromatic nitrogens is 4. The van der Waals surface area contributed by atoms with Crippen LogP contribution in [0.1, 0.15) is 24.7 Å². The number of rotatable bonds is 1. The number of imidazole rings is 1. The molecule has 1 fully saturated rings. The molecule has 0 unspecified atom stereocenters. The van der Waals surface area contributed by atoms with Crippen molar-refractivity contribution >= 4 is 11.2 Å². The molecule has 0 bridgehead atoms. The van der Waals surface area contributed by atoms with Crippen molar-refractivity contribution in [1.29, 1.82) is 0 Å². The molecule has 0 saturated carbocycles. The van der Waals surface area contributed by atoms with E-state index < -0.39 is 0 Å². The maximum Gasteiger partial charge on any atom is 0.332 e. The fourth-order valence-electron chi connectivity index (χ4n) is 3.04. The Morgan fingerprint density at radius 2 is 1.80 bits per heavy atom. The van der Waals surface area contributed by atoms with E-state index in [0.29, 0.717) is 11.2 Å². The largest absolute Gasteiger partial charge is 0.332 e. The summed E-state index contributed by atoms with van der Waals surface area (Å²) in [6, 6.07) is 0.270. The third kappa shape index (κ3) is 1.73. The molecule has 3 rings (SSSR count). The monoisotopic (exact) mass is 277 g/mol. The summed E-state index contributed by atoms with van der Waals surface area (Å²) in [5.41, 5.74) is 0.424. The summed E-state index contributed by atoms with van der Waals surface area (Å²) in [5, 5.41) is 3.32. The van der Waals surface area contributed by atoms with E-state index in [1.807, 2.05) is 11.5 Å². The minimum Gasteiger partial charge on any atom is -0.319 e. The maximum atomic E-state index is 12.5. The summed E-state index contributed by atoms with van der Waals surface area (Å²) in [6.45, 7) is 3.78. The van der Waals surface area contributed by atoms with Crippen LogP contribution >= 0.6 is 0 Å². The van der Waals surface area contributed by atoms with Gasteiger partial charge in [-0.2, -0.15) is 0 Å². The highest BCUT2D eigenvalue weighted by Gasteiger charge is 2.23. The minimum absolute atomic E-state index is 0.262. The van der Waals surface area contributed by atoms with Gasteiger partial charge in [0.05, 0.1) is 0 Å². The van der Waals surface area contributed by atoms with Gasteiger partial charge in [-0.25, -0.2) is 9.78 Å². The van der Waals surface area contributed by atoms with Crippen LogP contribution < -0.4 is 16.6 Å². The molecule has 0 aromatic carbocycles. The second-order valence-electron chi connectivity index (χ2n) is 5.39. The molecule has 1 aliphatic heterocycles. The Morgan fingerprint density at radius 1 is 1.15 bits per heavy atom. The Labute approximate surface area is 115 Å². The molecule has 7 nitrogen and oxygen atoms in total. The molecule has 1 saturated heterocycles. The molecule has 3 heterocycles. The number of hydrogen-bond acceptors (Lipinski definition) is 4. The molecule has 0 aliphatic carbocycles. The summed E-state index contributed by atoms with van der Waals surface area (Å²) in [7, 11) is 3.17. The van der Waals surface area contributed by atoms with Crippen LogP contribution in [0, 0.1) is 6.92 Å². The lowest BCUT2D eigenvalue weighted by Gasteiger charge is -2.25. The highest BCUT2D eigenvalue weighted by atomic mass is 16.2. The van der Waals surface area contributed by atoms with Crippen molar-refractivity contribution in [3.8, 4) is 0 Å². The number of hydrogen-bond donors (Lipinski definition) is 1. The highest BCUT2D eigenvalue weighted by molar-refractivity contribution is 5.71. The number of fused-ring (bicyclic) bond motifs is 1. The molecule has 0 spiro atoms. The first-order valence-electron chi connectivity index (χ1n) is 6.87. The molecule has 2 aromatic heterocycles. The van der Waals surface area contributed by atoms with Crippen molar-refractivity contribution in [3.63, 3.8) is 0 Å². The van der Waals surface area contributed by atoms with Gasteiger partial charge in [0.1, 0.15) is 5.82 Å². The van der Waals surface area contributed by atoms with Crippen LogP contribution in [-0.4, -0.2) is 31.8 Å². The lowest BCUT2D eigenvalue weighted by Crippen LogP contribution is -2.38. The number of nitrogens with zero attached hydrogens (tertiary/aromatic N) is 4. The molecule has 0 atom stereocenters. The van der Waals surface area contributed by atoms with Gasteiger partial charge in [-0.15, -0.1) is 0 Å². The molecular formula is C13H19N5O2. The van der Waals surface area contributed by atoms with Gasteiger partial charge < -0.3 is 9.88 Å². The Balaban J connectivity index is 2.35. The zero-order valence-corrected chi connectivity index (χ0v) is 12.0. The second kappa shape index (κ2) is 4.59. The molecule has 2 aromatic rings. The first-order chi connectivity index (χ1) is 9.52. The summed E-state index contributed by atoms with van der Waals surface area (Å²) < 4.78 is 4.61. The summed E-state index contributed by atoms with van der Waals surface area (Å²) in [6.07, 6.45) is 1.94. The predicted molar refractivity (Wildman–Crippen MR) is 76.1 cm³/mol. The van der Waals surface area contributed by atoms with E-state index in [-0.39, 0.29) is 17.3 Å². The van der Waals surface area contributed by atoms with Crippen LogP contribution in [0.2, 0.25) is 0 Å². The SMILES string of the molecule is Cc1nc2c(c(=O)n(C)c(=O)n2C)n1C1CCNCC1. The molecule has 7 heteroatoms. The van der Waals surface area contributed by atoms with E-state index in [9.17, 15) is 9.59 Å². The lowest BCUT2D eigenvalue weighted by molar-refractivity contribution is 0.369. The van der Waals surface area contributed by atoms with E-state index in [4.69, 9.17) is 0 Å². The van der Waals surface area contributed by atoms with Gasteiger partial charge in [0.2, 0.25) is 0 Å². The zero-order valence-electron chi connectivity index (χ0n) is 12.0. The Hall–Kier alpha value is -1.89. The fraction of sp³-hybridized carbons (Fsp3) is 0.615. The third-order valence-electron chi connectivity index (χ3n) is 4.14. The van der Waals surface area contributed by atoms with E-state index >= 15 is 0 Å². The van der Waals surface area contributed by atoms with Crippen molar-refractivity contribution < 1.29 is 0 Å². The van der Waals surface area contributed by atoms with Crippen molar-refractivity contribution in [2.45, 2.75) is 25.8 Å². The molecule has 1 aliphatic rings. The average Bonchev–Trinajstić information content (AvgIpc) is 2.81. The van der Waals surface area contributed by atoms with E-state index in [0.717, 1.165) is 36.3 Å². The zero-order chi connectivity index (χ0) is 14.4. The van der Waals surface area contributed by atoms with Crippen molar-refractivity contribution in [3.05, 3.63) is 26.7 Å². The molecule has 0 radical (unpaired) electrons. The predicted octanol–water partition coefficient (Wildman–Crippen LogP) is -0.333. The van der Waals surface area contributed by atoms with Gasteiger partial charge >= 0.3 is 5.69 Å². The van der Waals surface area contributed by atoms with Gasteiger partial charge in [0.25, 0.3) is 5.56 Å². The number of nitrogens with one attached hydrogen (secondary N) is 1. The first-order valence-corrected chi connectivity index (χ1v) is 6.87. The van der Waals surface area contributed by atoms with Gasteiger partial charge in [0.15, 0.2) is 11.2 Å². The topological polar surface area (TPSA) is 73.8 Å². The van der Waals surface area contributed by atoms with E-state index in [2.05, 4.69) is 10.3 Å². The fourth-order valence-corrected chi connectivity index (χ4v) is 3.04. The Morgan fingerprint density at radius 3 is 2.45 bits per heavy atom. The molecule has 0 amide bonds. The standard InChI is InChI=1S/C13H19N5O2/c1-8-15-11-10(12(19)17(3)13(20)16(11)2)18(8)9-4-6-14-7-5-9/h9,14H,4-7H2,1-3H3. The summed E-state index contributed by atoms with van der Waals surface area (Å²) in [4.78, 5) is 28.9. The van der Waals surface area contributed by atoms with Gasteiger partial charge in [0, 0.05) is 20.1 Å². The van der Waals surface area contributed by atoms with Crippen LogP contribution in [-0.2, 0) is 14.1 Å². The molecular weight excluding hydrogens is 258 g/mol. The van der Waals surface area contributed by atoms with Crippen molar-refractivity contribution in [2.24, 2.45) is 14.1 Å². The van der Waals surface area contributed by atoms with Crippen LogP contribution in [0.15, 0.2) is 9.59 Å². The first kappa shape index (κ1) is 13.1. The van der Waals surface area contributed by atoms with Crippen LogP contribution in [0.3, 0.4) is 0 Å². The van der Waals surface area contributed by atoms with Crippen molar-refractivity contribution in [2.75, 3.05) is 13.1 Å².